The van der Waals surface area contributed by atoms with E-state index in [0.717, 1.165) is 44.5 Å². The lowest BCUT2D eigenvalue weighted by molar-refractivity contribution is 0.0909. The van der Waals surface area contributed by atoms with Gasteiger partial charge in [-0.1, -0.05) is 31.2 Å². The number of nitrogens with one attached hydrogen (secondary N) is 1. The van der Waals surface area contributed by atoms with Gasteiger partial charge in [0.05, 0.1) is 0 Å². The summed E-state index contributed by atoms with van der Waals surface area (Å²) in [7, 11) is 0. The first-order valence-electron chi connectivity index (χ1n) is 8.38. The molecule has 4 heteroatoms. The van der Waals surface area contributed by atoms with E-state index in [2.05, 4.69) is 41.4 Å². The molecule has 0 radical (unpaired) electrons. The molecular formula is C19H24N2OS. The van der Waals surface area contributed by atoms with Gasteiger partial charge < -0.3 is 5.32 Å². The van der Waals surface area contributed by atoms with Gasteiger partial charge in [-0.2, -0.15) is 11.3 Å². The lowest BCUT2D eigenvalue weighted by Crippen LogP contribution is -2.44. The number of carbonyl (C=O) groups excluding carboxylic acids is 1. The summed E-state index contributed by atoms with van der Waals surface area (Å²) in [6, 6.07) is 11.1. The zero-order valence-corrected chi connectivity index (χ0v) is 14.4. The molecular weight excluding hydrogens is 304 g/mol. The quantitative estimate of drug-likeness (QED) is 0.907. The van der Waals surface area contributed by atoms with Crippen LogP contribution in [-0.2, 0) is 13.0 Å². The van der Waals surface area contributed by atoms with Crippen LogP contribution in [0.25, 0.3) is 0 Å². The first-order chi connectivity index (χ1) is 11.2. The maximum absolute atomic E-state index is 12.1. The number of rotatable bonds is 5. The van der Waals surface area contributed by atoms with E-state index in [1.54, 1.807) is 11.3 Å². The van der Waals surface area contributed by atoms with Gasteiger partial charge >= 0.3 is 0 Å². The largest absolute Gasteiger partial charge is 0.349 e. The van der Waals surface area contributed by atoms with Gasteiger partial charge in [0, 0.05) is 36.6 Å². The third-order valence-corrected chi connectivity index (χ3v) is 5.20. The lowest BCUT2D eigenvalue weighted by atomic mass is 10.0. The molecule has 1 aliphatic heterocycles. The van der Waals surface area contributed by atoms with Gasteiger partial charge in [-0.3, -0.25) is 9.69 Å². The van der Waals surface area contributed by atoms with Crippen LogP contribution in [-0.4, -0.2) is 29.9 Å². The van der Waals surface area contributed by atoms with Gasteiger partial charge in [0.15, 0.2) is 0 Å². The van der Waals surface area contributed by atoms with Crippen LogP contribution in [0.5, 0.6) is 0 Å². The predicted molar refractivity (Wildman–Crippen MR) is 95.9 cm³/mol. The molecule has 1 fully saturated rings. The molecule has 122 valence electrons. The van der Waals surface area contributed by atoms with Crippen LogP contribution in [0.2, 0.25) is 0 Å². The molecule has 23 heavy (non-hydrogen) atoms. The topological polar surface area (TPSA) is 32.3 Å². The molecule has 0 saturated carbocycles. The fourth-order valence-electron chi connectivity index (χ4n) is 3.10. The summed E-state index contributed by atoms with van der Waals surface area (Å²) in [5.74, 6) is 0.0698. The van der Waals surface area contributed by atoms with Crippen molar-refractivity contribution in [1.29, 1.82) is 0 Å². The Kier molecular flexibility index (Phi) is 5.47. The molecule has 2 aromatic rings. The Balaban J connectivity index is 1.47. The Bertz CT molecular complexity index is 631. The number of piperidine rings is 1. The molecule has 1 amide bonds. The summed E-state index contributed by atoms with van der Waals surface area (Å²) >= 11 is 1.57. The number of nitrogens with zero attached hydrogens (tertiary/aromatic N) is 1. The SMILES string of the molecule is CCc1cccc(CN2CCC(NC(=O)c3ccsc3)CC2)c1. The van der Waals surface area contributed by atoms with Crippen LogP contribution in [0, 0.1) is 0 Å². The van der Waals surface area contributed by atoms with Crippen LogP contribution >= 0.6 is 11.3 Å². The fraction of sp³-hybridized carbons (Fsp3) is 0.421. The second-order valence-corrected chi connectivity index (χ2v) is 6.99. The van der Waals surface area contributed by atoms with Crippen LogP contribution < -0.4 is 5.32 Å². The summed E-state index contributed by atoms with van der Waals surface area (Å²) in [5, 5.41) is 7.02. The average molecular weight is 328 g/mol. The Hall–Kier alpha value is -1.65. The van der Waals surface area contributed by atoms with Gasteiger partial charge in [-0.25, -0.2) is 0 Å². The maximum Gasteiger partial charge on any atom is 0.252 e. The van der Waals surface area contributed by atoms with Crippen molar-refractivity contribution in [2.75, 3.05) is 13.1 Å². The Labute approximate surface area is 142 Å². The van der Waals surface area contributed by atoms with Crippen LogP contribution in [0.4, 0.5) is 0 Å². The minimum atomic E-state index is 0.0698. The summed E-state index contributed by atoms with van der Waals surface area (Å²) in [5.41, 5.74) is 3.58. The van der Waals surface area contributed by atoms with Crippen molar-refractivity contribution in [1.82, 2.24) is 10.2 Å². The number of likely N-dealkylation sites (tertiary alicyclic amines) is 1. The van der Waals surface area contributed by atoms with E-state index >= 15 is 0 Å². The summed E-state index contributed by atoms with van der Waals surface area (Å²) < 4.78 is 0. The number of amides is 1. The third-order valence-electron chi connectivity index (χ3n) is 4.51. The van der Waals surface area contributed by atoms with Gasteiger partial charge in [0.25, 0.3) is 5.91 Å². The van der Waals surface area contributed by atoms with E-state index in [-0.39, 0.29) is 5.91 Å². The smallest absolute Gasteiger partial charge is 0.252 e. The summed E-state index contributed by atoms with van der Waals surface area (Å²) in [6.45, 7) is 5.30. The number of benzene rings is 1. The molecule has 1 aromatic carbocycles. The van der Waals surface area contributed by atoms with Crippen LogP contribution in [0.1, 0.15) is 41.3 Å². The van der Waals surface area contributed by atoms with Crippen LogP contribution in [0.15, 0.2) is 41.1 Å². The molecule has 1 saturated heterocycles. The monoisotopic (exact) mass is 328 g/mol. The van der Waals surface area contributed by atoms with Gasteiger partial charge in [0.2, 0.25) is 0 Å². The zero-order chi connectivity index (χ0) is 16.1. The van der Waals surface area contributed by atoms with Crippen molar-refractivity contribution in [3.63, 3.8) is 0 Å². The molecule has 0 spiro atoms. The van der Waals surface area contributed by atoms with E-state index < -0.39 is 0 Å². The van der Waals surface area contributed by atoms with Crippen molar-refractivity contribution in [3.8, 4) is 0 Å². The highest BCUT2D eigenvalue weighted by molar-refractivity contribution is 7.08. The van der Waals surface area contributed by atoms with Crippen LogP contribution in [0.3, 0.4) is 0 Å². The molecule has 3 rings (SSSR count). The Morgan fingerprint density at radius 2 is 2.04 bits per heavy atom. The van der Waals surface area contributed by atoms with Gasteiger partial charge in [0.1, 0.15) is 0 Å². The van der Waals surface area contributed by atoms with Crippen molar-refractivity contribution < 1.29 is 4.79 Å². The number of carbonyl (C=O) groups is 1. The van der Waals surface area contributed by atoms with Crippen molar-refractivity contribution in [2.45, 2.75) is 38.8 Å². The number of hydrogen-bond donors (Lipinski definition) is 1. The lowest BCUT2D eigenvalue weighted by Gasteiger charge is -2.32. The summed E-state index contributed by atoms with van der Waals surface area (Å²) in [6.07, 6.45) is 3.15. The van der Waals surface area contributed by atoms with Crippen molar-refractivity contribution in [3.05, 3.63) is 57.8 Å². The van der Waals surface area contributed by atoms with Gasteiger partial charge in [-0.05, 0) is 41.8 Å². The molecule has 1 aromatic heterocycles. The highest BCUT2D eigenvalue weighted by Gasteiger charge is 2.21. The second-order valence-electron chi connectivity index (χ2n) is 6.21. The molecule has 1 N–H and O–H groups in total. The first-order valence-corrected chi connectivity index (χ1v) is 9.32. The number of aryl methyl sites for hydroxylation is 1. The molecule has 0 unspecified atom stereocenters. The zero-order valence-electron chi connectivity index (χ0n) is 13.6. The van der Waals surface area contributed by atoms with E-state index in [9.17, 15) is 4.79 Å². The molecule has 0 bridgehead atoms. The minimum Gasteiger partial charge on any atom is -0.349 e. The molecule has 0 aliphatic carbocycles. The van der Waals surface area contributed by atoms with E-state index in [0.29, 0.717) is 6.04 Å². The second kappa shape index (κ2) is 7.75. The number of thiophene rings is 1. The standard InChI is InChI=1S/C19H24N2OS/c1-2-15-4-3-5-16(12-15)13-21-9-6-18(7-10-21)20-19(22)17-8-11-23-14-17/h3-5,8,11-12,14,18H,2,6-7,9-10,13H2,1H3,(H,20,22). The predicted octanol–water partition coefficient (Wildman–Crippen LogP) is 3.70. The molecule has 1 aliphatic rings. The summed E-state index contributed by atoms with van der Waals surface area (Å²) in [4.78, 5) is 14.6. The van der Waals surface area contributed by atoms with E-state index in [1.807, 2.05) is 16.8 Å². The highest BCUT2D eigenvalue weighted by Crippen LogP contribution is 2.16. The van der Waals surface area contributed by atoms with Crippen molar-refractivity contribution in [2.24, 2.45) is 0 Å². The van der Waals surface area contributed by atoms with Crippen molar-refractivity contribution >= 4 is 17.2 Å². The molecule has 0 atom stereocenters. The number of hydrogen-bond acceptors (Lipinski definition) is 3. The van der Waals surface area contributed by atoms with E-state index in [1.165, 1.54) is 11.1 Å². The highest BCUT2D eigenvalue weighted by atomic mass is 32.1. The van der Waals surface area contributed by atoms with Gasteiger partial charge in [-0.15, -0.1) is 0 Å². The van der Waals surface area contributed by atoms with E-state index in [4.69, 9.17) is 0 Å². The Morgan fingerprint density at radius 3 is 2.74 bits per heavy atom. The first kappa shape index (κ1) is 16.2. The average Bonchev–Trinajstić information content (AvgIpc) is 3.11. The minimum absolute atomic E-state index is 0.0698. The third kappa shape index (κ3) is 4.43. The Morgan fingerprint density at radius 1 is 1.26 bits per heavy atom. The normalized spacial score (nSPS) is 16.4. The maximum atomic E-state index is 12.1. The molecule has 3 nitrogen and oxygen atoms in total. The fourth-order valence-corrected chi connectivity index (χ4v) is 3.74. The molecule has 2 heterocycles.